The van der Waals surface area contributed by atoms with Gasteiger partial charge in [0.15, 0.2) is 0 Å². The van der Waals surface area contributed by atoms with Crippen molar-refractivity contribution in [1.82, 2.24) is 20.0 Å². The number of carbonyl (C=O) groups excluding carboxylic acids is 1. The van der Waals surface area contributed by atoms with Crippen LogP contribution in [-0.2, 0) is 11.3 Å². The van der Waals surface area contributed by atoms with Crippen LogP contribution in [0.4, 0.5) is 0 Å². The zero-order valence-corrected chi connectivity index (χ0v) is 14.2. The number of hydrogen-bond donors (Lipinski definition) is 1. The average Bonchev–Trinajstić information content (AvgIpc) is 2.73. The normalized spacial score (nSPS) is 19.4. The van der Waals surface area contributed by atoms with Gasteiger partial charge in [0.05, 0.1) is 12.5 Å². The molecular weight excluding hydrogens is 276 g/mol. The van der Waals surface area contributed by atoms with Crippen LogP contribution in [0.1, 0.15) is 45.2 Å². The Morgan fingerprint density at radius 1 is 1.23 bits per heavy atom. The van der Waals surface area contributed by atoms with E-state index in [9.17, 15) is 4.79 Å². The van der Waals surface area contributed by atoms with Gasteiger partial charge in [0, 0.05) is 24.5 Å². The molecule has 1 amide bonds. The van der Waals surface area contributed by atoms with E-state index in [0.29, 0.717) is 6.54 Å². The molecule has 1 aromatic rings. The van der Waals surface area contributed by atoms with Gasteiger partial charge in [0.2, 0.25) is 5.91 Å². The zero-order chi connectivity index (χ0) is 15.9. The quantitative estimate of drug-likeness (QED) is 0.876. The Balaban J connectivity index is 1.76. The molecule has 2 atom stereocenters. The van der Waals surface area contributed by atoms with E-state index in [1.165, 1.54) is 38.8 Å². The van der Waals surface area contributed by atoms with Crippen molar-refractivity contribution in [2.24, 2.45) is 5.92 Å². The van der Waals surface area contributed by atoms with Crippen molar-refractivity contribution in [3.63, 3.8) is 0 Å². The molecule has 1 aliphatic heterocycles. The maximum atomic E-state index is 12.3. The Hall–Kier alpha value is -1.36. The van der Waals surface area contributed by atoms with Gasteiger partial charge in [-0.15, -0.1) is 0 Å². The van der Waals surface area contributed by atoms with E-state index in [2.05, 4.69) is 22.2 Å². The number of rotatable bonds is 6. The van der Waals surface area contributed by atoms with E-state index in [0.717, 1.165) is 12.2 Å². The highest BCUT2D eigenvalue weighted by molar-refractivity contribution is 5.78. The van der Waals surface area contributed by atoms with Gasteiger partial charge in [-0.05, 0) is 45.8 Å². The molecular formula is C17H30N4O. The minimum absolute atomic E-state index is 0.0646. The molecule has 1 fully saturated rings. The zero-order valence-electron chi connectivity index (χ0n) is 14.2. The minimum atomic E-state index is -0.0646. The molecule has 0 saturated carbocycles. The second kappa shape index (κ2) is 8.32. The molecule has 0 radical (unpaired) electrons. The van der Waals surface area contributed by atoms with Crippen LogP contribution in [-0.4, -0.2) is 46.3 Å². The van der Waals surface area contributed by atoms with Gasteiger partial charge in [0.1, 0.15) is 0 Å². The van der Waals surface area contributed by atoms with E-state index < -0.39 is 0 Å². The SMILES string of the molecule is Cc1ccnn1CC(C)C(=O)NC(C)CN1CCCCCC1. The molecule has 1 saturated heterocycles. The van der Waals surface area contributed by atoms with Crippen LogP contribution >= 0.6 is 0 Å². The summed E-state index contributed by atoms with van der Waals surface area (Å²) in [6.07, 6.45) is 7.04. The molecule has 2 heterocycles. The first kappa shape index (κ1) is 17.0. The fourth-order valence-corrected chi connectivity index (χ4v) is 3.07. The summed E-state index contributed by atoms with van der Waals surface area (Å²) in [4.78, 5) is 14.8. The first-order valence-electron chi connectivity index (χ1n) is 8.57. The lowest BCUT2D eigenvalue weighted by molar-refractivity contribution is -0.125. The second-order valence-corrected chi connectivity index (χ2v) is 6.68. The number of nitrogens with one attached hydrogen (secondary N) is 1. The largest absolute Gasteiger partial charge is 0.352 e. The minimum Gasteiger partial charge on any atom is -0.352 e. The highest BCUT2D eigenvalue weighted by Crippen LogP contribution is 2.10. The van der Waals surface area contributed by atoms with Crippen LogP contribution in [0.15, 0.2) is 12.3 Å². The van der Waals surface area contributed by atoms with Crippen LogP contribution < -0.4 is 5.32 Å². The summed E-state index contributed by atoms with van der Waals surface area (Å²) < 4.78 is 1.89. The predicted octanol–water partition coefficient (Wildman–Crippen LogP) is 2.21. The molecule has 5 heteroatoms. The van der Waals surface area contributed by atoms with E-state index in [1.54, 1.807) is 6.20 Å². The fourth-order valence-electron chi connectivity index (χ4n) is 3.07. The lowest BCUT2D eigenvalue weighted by atomic mass is 10.1. The summed E-state index contributed by atoms with van der Waals surface area (Å²) in [5.41, 5.74) is 1.09. The standard InChI is InChI=1S/C17H30N4O/c1-14(12-21-16(3)8-9-18-21)17(22)19-15(2)13-20-10-6-4-5-7-11-20/h8-9,14-15H,4-7,10-13H2,1-3H3,(H,19,22). The number of likely N-dealkylation sites (tertiary alicyclic amines) is 1. The molecule has 0 aromatic carbocycles. The summed E-state index contributed by atoms with van der Waals surface area (Å²) in [7, 11) is 0. The van der Waals surface area contributed by atoms with Crippen LogP contribution in [0, 0.1) is 12.8 Å². The first-order valence-corrected chi connectivity index (χ1v) is 8.57. The third kappa shape index (κ3) is 5.13. The Kier molecular flexibility index (Phi) is 6.43. The summed E-state index contributed by atoms with van der Waals surface area (Å²) in [5, 5.41) is 7.41. The molecule has 1 aliphatic rings. The van der Waals surface area contributed by atoms with Gasteiger partial charge in [-0.3, -0.25) is 9.48 Å². The van der Waals surface area contributed by atoms with Gasteiger partial charge < -0.3 is 10.2 Å². The van der Waals surface area contributed by atoms with Crippen molar-refractivity contribution in [3.8, 4) is 0 Å². The molecule has 0 spiro atoms. The van der Waals surface area contributed by atoms with E-state index in [4.69, 9.17) is 0 Å². The van der Waals surface area contributed by atoms with Crippen molar-refractivity contribution >= 4 is 5.91 Å². The molecule has 5 nitrogen and oxygen atoms in total. The van der Waals surface area contributed by atoms with Gasteiger partial charge in [0.25, 0.3) is 0 Å². The lowest BCUT2D eigenvalue weighted by Crippen LogP contribution is -2.44. The molecule has 1 aromatic heterocycles. The maximum Gasteiger partial charge on any atom is 0.224 e. The Labute approximate surface area is 134 Å². The Morgan fingerprint density at radius 2 is 1.91 bits per heavy atom. The highest BCUT2D eigenvalue weighted by atomic mass is 16.1. The van der Waals surface area contributed by atoms with Gasteiger partial charge in [-0.1, -0.05) is 19.8 Å². The van der Waals surface area contributed by atoms with Crippen molar-refractivity contribution in [3.05, 3.63) is 18.0 Å². The van der Waals surface area contributed by atoms with Crippen molar-refractivity contribution in [2.75, 3.05) is 19.6 Å². The van der Waals surface area contributed by atoms with Crippen LogP contribution in [0.3, 0.4) is 0 Å². The van der Waals surface area contributed by atoms with Crippen molar-refractivity contribution in [1.29, 1.82) is 0 Å². The van der Waals surface area contributed by atoms with Crippen LogP contribution in [0.25, 0.3) is 0 Å². The highest BCUT2D eigenvalue weighted by Gasteiger charge is 2.18. The number of carbonyl (C=O) groups is 1. The molecule has 0 aliphatic carbocycles. The van der Waals surface area contributed by atoms with Crippen LogP contribution in [0.5, 0.6) is 0 Å². The molecule has 124 valence electrons. The van der Waals surface area contributed by atoms with Crippen molar-refractivity contribution < 1.29 is 4.79 Å². The summed E-state index contributed by atoms with van der Waals surface area (Å²) in [5.74, 6) is 0.0578. The Bertz CT molecular complexity index is 463. The lowest BCUT2D eigenvalue weighted by Gasteiger charge is -2.25. The Morgan fingerprint density at radius 3 is 2.50 bits per heavy atom. The van der Waals surface area contributed by atoms with Gasteiger partial charge >= 0.3 is 0 Å². The van der Waals surface area contributed by atoms with Crippen LogP contribution in [0.2, 0.25) is 0 Å². The number of aromatic nitrogens is 2. The third-order valence-electron chi connectivity index (χ3n) is 4.44. The fraction of sp³-hybridized carbons (Fsp3) is 0.765. The second-order valence-electron chi connectivity index (χ2n) is 6.68. The van der Waals surface area contributed by atoms with E-state index in [-0.39, 0.29) is 17.9 Å². The number of hydrogen-bond acceptors (Lipinski definition) is 3. The van der Waals surface area contributed by atoms with Crippen molar-refractivity contribution in [2.45, 2.75) is 59.0 Å². The smallest absolute Gasteiger partial charge is 0.224 e. The maximum absolute atomic E-state index is 12.3. The molecule has 22 heavy (non-hydrogen) atoms. The summed E-state index contributed by atoms with van der Waals surface area (Å²) >= 11 is 0. The molecule has 2 unspecified atom stereocenters. The number of amides is 1. The summed E-state index contributed by atoms with van der Waals surface area (Å²) in [6, 6.07) is 2.17. The van der Waals surface area contributed by atoms with E-state index >= 15 is 0 Å². The molecule has 2 rings (SSSR count). The predicted molar refractivity (Wildman–Crippen MR) is 88.6 cm³/mol. The topological polar surface area (TPSA) is 50.2 Å². The summed E-state index contributed by atoms with van der Waals surface area (Å²) in [6.45, 7) is 10.0. The monoisotopic (exact) mass is 306 g/mol. The number of aryl methyl sites for hydroxylation is 1. The average molecular weight is 306 g/mol. The first-order chi connectivity index (χ1) is 10.6. The third-order valence-corrected chi connectivity index (χ3v) is 4.44. The number of nitrogens with zero attached hydrogens (tertiary/aromatic N) is 3. The van der Waals surface area contributed by atoms with Gasteiger partial charge in [-0.25, -0.2) is 0 Å². The van der Waals surface area contributed by atoms with E-state index in [1.807, 2.05) is 24.6 Å². The molecule has 1 N–H and O–H groups in total. The van der Waals surface area contributed by atoms with Gasteiger partial charge in [-0.2, -0.15) is 5.10 Å². The molecule has 0 bridgehead atoms.